The third-order valence-corrected chi connectivity index (χ3v) is 3.14. The van der Waals surface area contributed by atoms with Crippen LogP contribution in [0, 0.1) is 0 Å². The highest BCUT2D eigenvalue weighted by atomic mass is 16.5. The van der Waals surface area contributed by atoms with Gasteiger partial charge in [-0.15, -0.1) is 0 Å². The molecule has 0 amide bonds. The lowest BCUT2D eigenvalue weighted by Gasteiger charge is -2.15. The van der Waals surface area contributed by atoms with E-state index in [-0.39, 0.29) is 6.10 Å². The van der Waals surface area contributed by atoms with Crippen molar-refractivity contribution in [3.05, 3.63) is 11.7 Å². The Balaban J connectivity index is 1.81. The SMILES string of the molecule is NC1(c2nc(C3CCCO3)no2)CCOC1. The van der Waals surface area contributed by atoms with E-state index >= 15 is 0 Å². The molecule has 2 atom stereocenters. The summed E-state index contributed by atoms with van der Waals surface area (Å²) in [4.78, 5) is 4.34. The van der Waals surface area contributed by atoms with E-state index in [4.69, 9.17) is 19.7 Å². The monoisotopic (exact) mass is 225 g/mol. The normalized spacial score (nSPS) is 34.7. The van der Waals surface area contributed by atoms with Crippen LogP contribution >= 0.6 is 0 Å². The molecule has 2 fully saturated rings. The van der Waals surface area contributed by atoms with E-state index in [1.165, 1.54) is 0 Å². The van der Waals surface area contributed by atoms with Gasteiger partial charge in [-0.05, 0) is 19.3 Å². The van der Waals surface area contributed by atoms with Gasteiger partial charge in [0.05, 0.1) is 6.61 Å². The summed E-state index contributed by atoms with van der Waals surface area (Å²) in [5, 5.41) is 3.94. The third-order valence-electron chi connectivity index (χ3n) is 3.14. The second-order valence-corrected chi connectivity index (χ2v) is 4.42. The molecule has 3 heterocycles. The number of nitrogens with zero attached hydrogens (tertiary/aromatic N) is 2. The van der Waals surface area contributed by atoms with Crippen LogP contribution in [0.5, 0.6) is 0 Å². The van der Waals surface area contributed by atoms with Gasteiger partial charge < -0.3 is 19.7 Å². The lowest BCUT2D eigenvalue weighted by Crippen LogP contribution is -2.37. The summed E-state index contributed by atoms with van der Waals surface area (Å²) in [5.74, 6) is 1.08. The minimum Gasteiger partial charge on any atom is -0.379 e. The Morgan fingerprint density at radius 3 is 3.00 bits per heavy atom. The van der Waals surface area contributed by atoms with Crippen LogP contribution in [0.1, 0.15) is 37.1 Å². The Bertz CT molecular complexity index is 367. The predicted octanol–water partition coefficient (Wildman–Crippen LogP) is 0.495. The van der Waals surface area contributed by atoms with Crippen molar-refractivity contribution in [2.75, 3.05) is 19.8 Å². The molecule has 6 nitrogen and oxygen atoms in total. The molecule has 3 rings (SSSR count). The van der Waals surface area contributed by atoms with Gasteiger partial charge in [0, 0.05) is 13.2 Å². The molecule has 2 unspecified atom stereocenters. The van der Waals surface area contributed by atoms with Gasteiger partial charge in [0.1, 0.15) is 11.6 Å². The van der Waals surface area contributed by atoms with E-state index in [0.29, 0.717) is 24.9 Å². The molecule has 0 bridgehead atoms. The van der Waals surface area contributed by atoms with Crippen LogP contribution < -0.4 is 5.73 Å². The first-order chi connectivity index (χ1) is 7.78. The number of ether oxygens (including phenoxy) is 2. The lowest BCUT2D eigenvalue weighted by molar-refractivity contribution is 0.103. The molecule has 2 aliphatic heterocycles. The average molecular weight is 225 g/mol. The summed E-state index contributed by atoms with van der Waals surface area (Å²) in [6.07, 6.45) is 2.70. The van der Waals surface area contributed by atoms with Gasteiger partial charge in [0.2, 0.25) is 11.7 Å². The average Bonchev–Trinajstić information content (AvgIpc) is 2.98. The first-order valence-electron chi connectivity index (χ1n) is 5.60. The van der Waals surface area contributed by atoms with Gasteiger partial charge in [-0.1, -0.05) is 5.16 Å². The zero-order chi connectivity index (χ0) is 11.0. The summed E-state index contributed by atoms with van der Waals surface area (Å²) in [6.45, 7) is 1.86. The molecule has 88 valence electrons. The predicted molar refractivity (Wildman–Crippen MR) is 53.5 cm³/mol. The molecular formula is C10H15N3O3. The van der Waals surface area contributed by atoms with Crippen LogP contribution in [0.4, 0.5) is 0 Å². The quantitative estimate of drug-likeness (QED) is 0.788. The first-order valence-corrected chi connectivity index (χ1v) is 5.60. The molecule has 2 N–H and O–H groups in total. The summed E-state index contributed by atoms with van der Waals surface area (Å²) in [5.41, 5.74) is 5.52. The Morgan fingerprint density at radius 2 is 2.31 bits per heavy atom. The molecule has 0 saturated carbocycles. The van der Waals surface area contributed by atoms with Gasteiger partial charge >= 0.3 is 0 Å². The van der Waals surface area contributed by atoms with E-state index in [1.807, 2.05) is 0 Å². The minimum absolute atomic E-state index is 0.0246. The summed E-state index contributed by atoms with van der Waals surface area (Å²) >= 11 is 0. The fourth-order valence-electron chi connectivity index (χ4n) is 2.10. The molecule has 0 radical (unpaired) electrons. The van der Waals surface area contributed by atoms with Crippen LogP contribution in [0.15, 0.2) is 4.52 Å². The van der Waals surface area contributed by atoms with Gasteiger partial charge in [0.15, 0.2) is 0 Å². The third kappa shape index (κ3) is 1.63. The highest BCUT2D eigenvalue weighted by Gasteiger charge is 2.39. The van der Waals surface area contributed by atoms with E-state index in [2.05, 4.69) is 10.1 Å². The largest absolute Gasteiger partial charge is 0.379 e. The van der Waals surface area contributed by atoms with Crippen molar-refractivity contribution >= 4 is 0 Å². The van der Waals surface area contributed by atoms with Gasteiger partial charge in [-0.3, -0.25) is 0 Å². The van der Waals surface area contributed by atoms with E-state index < -0.39 is 5.54 Å². The molecule has 1 aromatic heterocycles. The zero-order valence-corrected chi connectivity index (χ0v) is 9.02. The Labute approximate surface area is 93.1 Å². The van der Waals surface area contributed by atoms with E-state index in [0.717, 1.165) is 25.9 Å². The fourth-order valence-corrected chi connectivity index (χ4v) is 2.10. The molecule has 0 spiro atoms. The fraction of sp³-hybridized carbons (Fsp3) is 0.800. The smallest absolute Gasteiger partial charge is 0.249 e. The zero-order valence-electron chi connectivity index (χ0n) is 9.02. The minimum atomic E-state index is -0.607. The van der Waals surface area contributed by atoms with Crippen LogP contribution in [0.3, 0.4) is 0 Å². The van der Waals surface area contributed by atoms with Gasteiger partial charge in [0.25, 0.3) is 0 Å². The van der Waals surface area contributed by atoms with Crippen LogP contribution in [0.2, 0.25) is 0 Å². The molecule has 16 heavy (non-hydrogen) atoms. The second-order valence-electron chi connectivity index (χ2n) is 4.42. The van der Waals surface area contributed by atoms with Crippen LogP contribution in [0.25, 0.3) is 0 Å². The molecule has 2 saturated heterocycles. The van der Waals surface area contributed by atoms with Crippen LogP contribution in [-0.4, -0.2) is 30.0 Å². The highest BCUT2D eigenvalue weighted by molar-refractivity contribution is 5.05. The highest BCUT2D eigenvalue weighted by Crippen LogP contribution is 2.30. The molecule has 0 aromatic carbocycles. The maximum absolute atomic E-state index is 6.13. The van der Waals surface area contributed by atoms with Crippen molar-refractivity contribution < 1.29 is 14.0 Å². The number of nitrogens with two attached hydrogens (primary N) is 1. The van der Waals surface area contributed by atoms with Crippen molar-refractivity contribution in [1.29, 1.82) is 0 Å². The molecule has 1 aromatic rings. The number of hydrogen-bond acceptors (Lipinski definition) is 6. The van der Waals surface area contributed by atoms with Gasteiger partial charge in [-0.2, -0.15) is 4.98 Å². The van der Waals surface area contributed by atoms with Crippen LogP contribution in [-0.2, 0) is 15.0 Å². The van der Waals surface area contributed by atoms with Crippen molar-refractivity contribution in [3.8, 4) is 0 Å². The summed E-state index contributed by atoms with van der Waals surface area (Å²) < 4.78 is 16.0. The maximum atomic E-state index is 6.13. The molecule has 2 aliphatic rings. The van der Waals surface area contributed by atoms with E-state index in [9.17, 15) is 0 Å². The molecular weight excluding hydrogens is 210 g/mol. The first kappa shape index (κ1) is 10.2. The number of hydrogen-bond donors (Lipinski definition) is 1. The molecule has 0 aliphatic carbocycles. The summed E-state index contributed by atoms with van der Waals surface area (Å²) in [7, 11) is 0. The summed E-state index contributed by atoms with van der Waals surface area (Å²) in [6, 6.07) is 0. The Kier molecular flexibility index (Phi) is 2.42. The van der Waals surface area contributed by atoms with Gasteiger partial charge in [-0.25, -0.2) is 0 Å². The van der Waals surface area contributed by atoms with Crippen molar-refractivity contribution in [3.63, 3.8) is 0 Å². The topological polar surface area (TPSA) is 83.4 Å². The van der Waals surface area contributed by atoms with E-state index in [1.54, 1.807) is 0 Å². The maximum Gasteiger partial charge on any atom is 0.249 e. The number of rotatable bonds is 2. The molecule has 6 heteroatoms. The Morgan fingerprint density at radius 1 is 1.38 bits per heavy atom. The second kappa shape index (κ2) is 3.80. The lowest BCUT2D eigenvalue weighted by atomic mass is 10.0. The van der Waals surface area contributed by atoms with Crippen molar-refractivity contribution in [1.82, 2.24) is 10.1 Å². The van der Waals surface area contributed by atoms with Crippen molar-refractivity contribution in [2.45, 2.75) is 30.9 Å². The number of aromatic nitrogens is 2. The Hall–Kier alpha value is -0.980. The standard InChI is InChI=1S/C10H15N3O3/c11-10(3-5-14-6-10)9-12-8(13-16-9)7-2-1-4-15-7/h7H,1-6,11H2. The van der Waals surface area contributed by atoms with Crippen molar-refractivity contribution in [2.24, 2.45) is 5.73 Å².